The van der Waals surface area contributed by atoms with Gasteiger partial charge in [-0.3, -0.25) is 4.79 Å². The van der Waals surface area contributed by atoms with Crippen molar-refractivity contribution in [1.82, 2.24) is 0 Å². The number of hydrogen-bond acceptors (Lipinski definition) is 3. The van der Waals surface area contributed by atoms with Crippen molar-refractivity contribution in [2.75, 3.05) is 5.75 Å². The Morgan fingerprint density at radius 1 is 1.60 bits per heavy atom. The summed E-state index contributed by atoms with van der Waals surface area (Å²) in [6, 6.07) is 1.82. The molecule has 0 aromatic carbocycles. The number of Topliss-reactive ketones (excluding diaryl/α,β-unsaturated/α-hetero) is 1. The molecule has 0 spiro atoms. The van der Waals surface area contributed by atoms with E-state index in [0.29, 0.717) is 0 Å². The second-order valence-electron chi connectivity index (χ2n) is 3.83. The van der Waals surface area contributed by atoms with Crippen LogP contribution in [0.5, 0.6) is 0 Å². The van der Waals surface area contributed by atoms with E-state index in [1.165, 1.54) is 12.8 Å². The molecule has 2 nitrogen and oxygen atoms in total. The molecule has 1 aromatic rings. The van der Waals surface area contributed by atoms with Crippen molar-refractivity contribution in [2.24, 2.45) is 0 Å². The van der Waals surface area contributed by atoms with E-state index in [1.807, 2.05) is 13.0 Å². The lowest BCUT2D eigenvalue weighted by molar-refractivity contribution is 0.0983. The van der Waals surface area contributed by atoms with Crippen molar-refractivity contribution >= 4 is 17.5 Å². The SMILES string of the molecule is CCc1occc1C(=O)C1CCCCS1. The molecule has 0 bridgehead atoms. The molecular weight excluding hydrogens is 208 g/mol. The highest BCUT2D eigenvalue weighted by molar-refractivity contribution is 8.00. The third-order valence-electron chi connectivity index (χ3n) is 2.80. The van der Waals surface area contributed by atoms with Crippen LogP contribution in [0.15, 0.2) is 16.7 Å². The van der Waals surface area contributed by atoms with Crippen LogP contribution in [-0.4, -0.2) is 16.8 Å². The van der Waals surface area contributed by atoms with Crippen LogP contribution >= 0.6 is 11.8 Å². The number of carbonyl (C=O) groups excluding carboxylic acids is 1. The standard InChI is InChI=1S/C12H16O2S/c1-2-10-9(6-7-14-10)12(13)11-5-3-4-8-15-11/h6-7,11H,2-5,8H2,1H3. The Balaban J connectivity index is 2.12. The van der Waals surface area contributed by atoms with Gasteiger partial charge in [-0.25, -0.2) is 0 Å². The summed E-state index contributed by atoms with van der Waals surface area (Å²) in [7, 11) is 0. The molecule has 0 saturated carbocycles. The first-order valence-electron chi connectivity index (χ1n) is 5.55. The van der Waals surface area contributed by atoms with Gasteiger partial charge in [0.05, 0.1) is 17.1 Å². The van der Waals surface area contributed by atoms with Gasteiger partial charge in [-0.05, 0) is 24.7 Å². The first-order chi connectivity index (χ1) is 7.33. The van der Waals surface area contributed by atoms with E-state index in [2.05, 4.69) is 0 Å². The molecule has 1 atom stereocenters. The van der Waals surface area contributed by atoms with Crippen molar-refractivity contribution in [3.05, 3.63) is 23.7 Å². The van der Waals surface area contributed by atoms with Gasteiger partial charge in [-0.2, -0.15) is 11.8 Å². The highest BCUT2D eigenvalue weighted by atomic mass is 32.2. The molecule has 0 radical (unpaired) electrons. The molecule has 1 unspecified atom stereocenters. The molecule has 1 fully saturated rings. The van der Waals surface area contributed by atoms with Gasteiger partial charge in [-0.15, -0.1) is 0 Å². The zero-order valence-electron chi connectivity index (χ0n) is 8.99. The van der Waals surface area contributed by atoms with Gasteiger partial charge < -0.3 is 4.42 Å². The minimum atomic E-state index is 0.168. The van der Waals surface area contributed by atoms with Gasteiger partial charge in [0, 0.05) is 6.42 Å². The van der Waals surface area contributed by atoms with Crippen LogP contribution < -0.4 is 0 Å². The summed E-state index contributed by atoms with van der Waals surface area (Å²) in [5.74, 6) is 2.23. The van der Waals surface area contributed by atoms with Crippen LogP contribution in [0.1, 0.15) is 42.3 Å². The smallest absolute Gasteiger partial charge is 0.179 e. The zero-order chi connectivity index (χ0) is 10.7. The summed E-state index contributed by atoms with van der Waals surface area (Å²) in [6.45, 7) is 2.02. The summed E-state index contributed by atoms with van der Waals surface area (Å²) >= 11 is 1.80. The Labute approximate surface area is 94.4 Å². The van der Waals surface area contributed by atoms with E-state index in [0.717, 1.165) is 29.9 Å². The summed E-state index contributed by atoms with van der Waals surface area (Å²) < 4.78 is 5.30. The molecule has 1 aromatic heterocycles. The van der Waals surface area contributed by atoms with Crippen LogP contribution in [0.2, 0.25) is 0 Å². The number of thioether (sulfide) groups is 1. The molecule has 0 amide bonds. The van der Waals surface area contributed by atoms with Crippen molar-refractivity contribution in [3.8, 4) is 0 Å². The van der Waals surface area contributed by atoms with Crippen LogP contribution in [0, 0.1) is 0 Å². The molecule has 1 aliphatic rings. The fourth-order valence-corrected chi connectivity index (χ4v) is 3.22. The van der Waals surface area contributed by atoms with Crippen LogP contribution in [0.3, 0.4) is 0 Å². The summed E-state index contributed by atoms with van der Waals surface area (Å²) in [5, 5.41) is 0.168. The van der Waals surface area contributed by atoms with E-state index in [9.17, 15) is 4.79 Å². The predicted octanol–water partition coefficient (Wildman–Crippen LogP) is 3.31. The molecule has 0 aliphatic carbocycles. The maximum atomic E-state index is 12.2. The zero-order valence-corrected chi connectivity index (χ0v) is 9.81. The molecular formula is C12H16O2S. The Bertz CT molecular complexity index is 337. The normalized spacial score (nSPS) is 21.5. The molecule has 0 N–H and O–H groups in total. The largest absolute Gasteiger partial charge is 0.469 e. The minimum Gasteiger partial charge on any atom is -0.469 e. The summed E-state index contributed by atoms with van der Waals surface area (Å²) in [5.41, 5.74) is 0.803. The van der Waals surface area contributed by atoms with Crippen LogP contribution in [0.25, 0.3) is 0 Å². The average Bonchev–Trinajstić information content (AvgIpc) is 2.77. The molecule has 15 heavy (non-hydrogen) atoms. The fraction of sp³-hybridized carbons (Fsp3) is 0.583. The van der Waals surface area contributed by atoms with Gasteiger partial charge in [0.15, 0.2) is 5.78 Å². The Kier molecular flexibility index (Phi) is 3.52. The van der Waals surface area contributed by atoms with Gasteiger partial charge in [0.2, 0.25) is 0 Å². The highest BCUT2D eigenvalue weighted by Crippen LogP contribution is 2.29. The third kappa shape index (κ3) is 2.28. The molecule has 2 heterocycles. The Morgan fingerprint density at radius 3 is 3.13 bits per heavy atom. The quantitative estimate of drug-likeness (QED) is 0.738. The number of aryl methyl sites for hydroxylation is 1. The van der Waals surface area contributed by atoms with Crippen LogP contribution in [-0.2, 0) is 6.42 Å². The lowest BCUT2D eigenvalue weighted by Crippen LogP contribution is -2.21. The number of furan rings is 1. The van der Waals surface area contributed by atoms with Gasteiger partial charge in [-0.1, -0.05) is 13.3 Å². The lowest BCUT2D eigenvalue weighted by Gasteiger charge is -2.19. The Morgan fingerprint density at radius 2 is 2.47 bits per heavy atom. The predicted molar refractivity (Wildman–Crippen MR) is 62.5 cm³/mol. The molecule has 82 valence electrons. The lowest BCUT2D eigenvalue weighted by atomic mass is 10.0. The summed E-state index contributed by atoms with van der Waals surface area (Å²) in [4.78, 5) is 12.2. The average molecular weight is 224 g/mol. The van der Waals surface area contributed by atoms with Gasteiger partial charge in [0.1, 0.15) is 5.76 Å². The van der Waals surface area contributed by atoms with Crippen molar-refractivity contribution in [2.45, 2.75) is 37.9 Å². The van der Waals surface area contributed by atoms with E-state index >= 15 is 0 Å². The number of ketones is 1. The van der Waals surface area contributed by atoms with E-state index in [1.54, 1.807) is 18.0 Å². The van der Waals surface area contributed by atoms with E-state index in [-0.39, 0.29) is 11.0 Å². The topological polar surface area (TPSA) is 30.2 Å². The second-order valence-corrected chi connectivity index (χ2v) is 5.14. The Hall–Kier alpha value is -0.700. The first-order valence-corrected chi connectivity index (χ1v) is 6.60. The molecule has 1 aliphatic heterocycles. The monoisotopic (exact) mass is 224 g/mol. The maximum Gasteiger partial charge on any atom is 0.179 e. The van der Waals surface area contributed by atoms with E-state index in [4.69, 9.17) is 4.42 Å². The molecule has 1 saturated heterocycles. The van der Waals surface area contributed by atoms with Crippen molar-refractivity contribution in [1.29, 1.82) is 0 Å². The maximum absolute atomic E-state index is 12.2. The molecule has 2 rings (SSSR count). The highest BCUT2D eigenvalue weighted by Gasteiger charge is 2.25. The van der Waals surface area contributed by atoms with Gasteiger partial charge in [0.25, 0.3) is 0 Å². The minimum absolute atomic E-state index is 0.168. The van der Waals surface area contributed by atoms with Crippen molar-refractivity contribution in [3.63, 3.8) is 0 Å². The second kappa shape index (κ2) is 4.88. The first kappa shape index (κ1) is 10.8. The molecule has 3 heteroatoms. The fourth-order valence-electron chi connectivity index (χ4n) is 1.95. The third-order valence-corrected chi connectivity index (χ3v) is 4.18. The number of hydrogen-bond donors (Lipinski definition) is 0. The van der Waals surface area contributed by atoms with E-state index < -0.39 is 0 Å². The van der Waals surface area contributed by atoms with Crippen LogP contribution in [0.4, 0.5) is 0 Å². The van der Waals surface area contributed by atoms with Gasteiger partial charge >= 0.3 is 0 Å². The van der Waals surface area contributed by atoms with Crippen molar-refractivity contribution < 1.29 is 9.21 Å². The number of rotatable bonds is 3. The number of carbonyl (C=O) groups is 1. The summed E-state index contributed by atoms with van der Waals surface area (Å²) in [6.07, 6.45) is 5.88.